The van der Waals surface area contributed by atoms with Gasteiger partial charge in [0.05, 0.1) is 0 Å². The minimum atomic E-state index is -0.256. The Labute approximate surface area is 147 Å². The summed E-state index contributed by atoms with van der Waals surface area (Å²) >= 11 is 0. The molecule has 1 saturated heterocycles. The average Bonchev–Trinajstić information content (AvgIpc) is 3.04. The van der Waals surface area contributed by atoms with Crippen LogP contribution >= 0.6 is 0 Å². The van der Waals surface area contributed by atoms with Crippen molar-refractivity contribution in [3.63, 3.8) is 0 Å². The van der Waals surface area contributed by atoms with Crippen molar-refractivity contribution in [1.29, 1.82) is 0 Å². The van der Waals surface area contributed by atoms with Crippen molar-refractivity contribution in [1.82, 2.24) is 15.2 Å². The number of likely N-dealkylation sites (tertiary alicyclic amines) is 1. The fourth-order valence-electron chi connectivity index (χ4n) is 3.58. The summed E-state index contributed by atoms with van der Waals surface area (Å²) in [6, 6.07) is 4.62. The van der Waals surface area contributed by atoms with Crippen LogP contribution in [0.25, 0.3) is 10.9 Å². The minimum Gasteiger partial charge on any atom is -0.396 e. The van der Waals surface area contributed by atoms with Crippen molar-refractivity contribution >= 4 is 16.9 Å². The van der Waals surface area contributed by atoms with Crippen LogP contribution in [-0.4, -0.2) is 47.3 Å². The van der Waals surface area contributed by atoms with Crippen molar-refractivity contribution in [2.24, 2.45) is 5.41 Å². The SMILES string of the molecule is CCC1(CO)CCN(C(=O)NCCc2c[nH]c3ccc(F)cc23)CC1. The van der Waals surface area contributed by atoms with Crippen molar-refractivity contribution < 1.29 is 14.3 Å². The number of piperidine rings is 1. The molecule has 0 atom stereocenters. The number of halogens is 1. The van der Waals surface area contributed by atoms with Crippen LogP contribution in [0.15, 0.2) is 24.4 Å². The molecule has 2 heterocycles. The third-order valence-corrected chi connectivity index (χ3v) is 5.60. The second kappa shape index (κ2) is 7.44. The number of aromatic nitrogens is 1. The van der Waals surface area contributed by atoms with E-state index in [0.717, 1.165) is 35.7 Å². The van der Waals surface area contributed by atoms with Crippen LogP contribution in [0.4, 0.5) is 9.18 Å². The summed E-state index contributed by atoms with van der Waals surface area (Å²) in [7, 11) is 0. The Morgan fingerprint density at radius 2 is 2.16 bits per heavy atom. The molecule has 0 radical (unpaired) electrons. The number of carbonyl (C=O) groups is 1. The Kier molecular flexibility index (Phi) is 5.27. The van der Waals surface area contributed by atoms with Crippen LogP contribution in [0.5, 0.6) is 0 Å². The van der Waals surface area contributed by atoms with E-state index in [4.69, 9.17) is 0 Å². The molecule has 2 aromatic rings. The number of rotatable bonds is 5. The van der Waals surface area contributed by atoms with E-state index in [0.29, 0.717) is 26.1 Å². The van der Waals surface area contributed by atoms with E-state index in [1.54, 1.807) is 6.07 Å². The number of benzene rings is 1. The smallest absolute Gasteiger partial charge is 0.317 e. The van der Waals surface area contributed by atoms with Gasteiger partial charge >= 0.3 is 6.03 Å². The van der Waals surface area contributed by atoms with Crippen LogP contribution in [0.2, 0.25) is 0 Å². The monoisotopic (exact) mass is 347 g/mol. The standard InChI is InChI=1S/C19H26FN3O2/c1-2-19(13-24)6-9-23(10-7-19)18(25)21-8-5-14-12-22-17-4-3-15(20)11-16(14)17/h3-4,11-12,22,24H,2,5-10,13H2,1H3,(H,21,25). The number of nitrogens with zero attached hydrogens (tertiary/aromatic N) is 1. The zero-order chi connectivity index (χ0) is 17.9. The quantitative estimate of drug-likeness (QED) is 0.778. The molecule has 0 spiro atoms. The van der Waals surface area contributed by atoms with E-state index in [2.05, 4.69) is 17.2 Å². The highest BCUT2D eigenvalue weighted by atomic mass is 19.1. The summed E-state index contributed by atoms with van der Waals surface area (Å²) in [6.45, 7) is 4.15. The molecule has 1 fully saturated rings. The second-order valence-electron chi connectivity index (χ2n) is 6.98. The molecule has 0 saturated carbocycles. The zero-order valence-electron chi connectivity index (χ0n) is 14.6. The van der Waals surface area contributed by atoms with E-state index in [1.165, 1.54) is 12.1 Å². The predicted molar refractivity (Wildman–Crippen MR) is 96.0 cm³/mol. The number of aromatic amines is 1. The summed E-state index contributed by atoms with van der Waals surface area (Å²) in [5, 5.41) is 13.4. The topological polar surface area (TPSA) is 68.4 Å². The number of nitrogens with one attached hydrogen (secondary N) is 2. The molecule has 1 aliphatic rings. The fourth-order valence-corrected chi connectivity index (χ4v) is 3.58. The first-order valence-corrected chi connectivity index (χ1v) is 8.96. The van der Waals surface area contributed by atoms with Gasteiger partial charge in [-0.1, -0.05) is 6.92 Å². The first-order chi connectivity index (χ1) is 12.1. The van der Waals surface area contributed by atoms with Gasteiger partial charge in [0.1, 0.15) is 5.82 Å². The number of hydrogen-bond donors (Lipinski definition) is 3. The summed E-state index contributed by atoms with van der Waals surface area (Å²) < 4.78 is 13.4. The van der Waals surface area contributed by atoms with Gasteiger partial charge in [-0.3, -0.25) is 0 Å². The highest BCUT2D eigenvalue weighted by molar-refractivity contribution is 5.83. The van der Waals surface area contributed by atoms with E-state index >= 15 is 0 Å². The van der Waals surface area contributed by atoms with Crippen molar-refractivity contribution in [2.75, 3.05) is 26.2 Å². The lowest BCUT2D eigenvalue weighted by Gasteiger charge is -2.40. The number of H-pyrrole nitrogens is 1. The lowest BCUT2D eigenvalue weighted by atomic mass is 9.77. The van der Waals surface area contributed by atoms with Crippen LogP contribution in [0, 0.1) is 11.2 Å². The van der Waals surface area contributed by atoms with Gasteiger partial charge in [-0.25, -0.2) is 9.18 Å². The average molecular weight is 347 g/mol. The zero-order valence-corrected chi connectivity index (χ0v) is 14.6. The van der Waals surface area contributed by atoms with Gasteiger partial charge in [0.2, 0.25) is 0 Å². The summed E-state index contributed by atoms with van der Waals surface area (Å²) in [4.78, 5) is 17.3. The number of fused-ring (bicyclic) bond motifs is 1. The molecule has 1 aromatic carbocycles. The van der Waals surface area contributed by atoms with E-state index in [9.17, 15) is 14.3 Å². The van der Waals surface area contributed by atoms with E-state index in [1.807, 2.05) is 11.1 Å². The number of aliphatic hydroxyl groups is 1. The molecule has 136 valence electrons. The van der Waals surface area contributed by atoms with Gasteiger partial charge < -0.3 is 20.3 Å². The number of hydrogen-bond acceptors (Lipinski definition) is 2. The molecule has 5 nitrogen and oxygen atoms in total. The maximum Gasteiger partial charge on any atom is 0.317 e. The molecule has 0 unspecified atom stereocenters. The highest BCUT2D eigenvalue weighted by Gasteiger charge is 2.33. The normalized spacial score (nSPS) is 17.0. The van der Waals surface area contributed by atoms with Crippen molar-refractivity contribution in [2.45, 2.75) is 32.6 Å². The Morgan fingerprint density at radius 3 is 2.84 bits per heavy atom. The van der Waals surface area contributed by atoms with Gasteiger partial charge in [-0.15, -0.1) is 0 Å². The molecule has 6 heteroatoms. The largest absolute Gasteiger partial charge is 0.396 e. The predicted octanol–water partition coefficient (Wildman–Crippen LogP) is 3.04. The second-order valence-corrected chi connectivity index (χ2v) is 6.98. The van der Waals surface area contributed by atoms with Gasteiger partial charge in [-0.2, -0.15) is 0 Å². The molecule has 0 aliphatic carbocycles. The maximum absolute atomic E-state index is 13.4. The van der Waals surface area contributed by atoms with Crippen LogP contribution in [-0.2, 0) is 6.42 Å². The molecule has 1 aliphatic heterocycles. The third-order valence-electron chi connectivity index (χ3n) is 5.60. The molecule has 0 bridgehead atoms. The lowest BCUT2D eigenvalue weighted by molar-refractivity contribution is 0.0520. The number of aliphatic hydroxyl groups excluding tert-OH is 1. The van der Waals surface area contributed by atoms with Crippen LogP contribution < -0.4 is 5.32 Å². The number of carbonyl (C=O) groups excluding carboxylic acids is 1. The van der Waals surface area contributed by atoms with Gasteiger partial charge in [0.25, 0.3) is 0 Å². The Morgan fingerprint density at radius 1 is 1.40 bits per heavy atom. The molecule has 2 amide bonds. The Balaban J connectivity index is 1.50. The van der Waals surface area contributed by atoms with Gasteiger partial charge in [-0.05, 0) is 54.9 Å². The molecule has 3 N–H and O–H groups in total. The first kappa shape index (κ1) is 17.7. The van der Waals surface area contributed by atoms with E-state index in [-0.39, 0.29) is 23.9 Å². The Hall–Kier alpha value is -2.08. The molecule has 25 heavy (non-hydrogen) atoms. The van der Waals surface area contributed by atoms with Crippen LogP contribution in [0.1, 0.15) is 31.7 Å². The minimum absolute atomic E-state index is 0.0229. The molecule has 1 aromatic heterocycles. The molecule has 3 rings (SSSR count). The van der Waals surface area contributed by atoms with Gasteiger partial charge in [0.15, 0.2) is 0 Å². The summed E-state index contributed by atoms with van der Waals surface area (Å²) in [6.07, 6.45) is 5.15. The highest BCUT2D eigenvalue weighted by Crippen LogP contribution is 2.34. The first-order valence-electron chi connectivity index (χ1n) is 8.96. The number of amides is 2. The van der Waals surface area contributed by atoms with Crippen molar-refractivity contribution in [3.8, 4) is 0 Å². The lowest BCUT2D eigenvalue weighted by Crippen LogP contribution is -2.48. The van der Waals surface area contributed by atoms with E-state index < -0.39 is 0 Å². The van der Waals surface area contributed by atoms with Crippen molar-refractivity contribution in [3.05, 3.63) is 35.8 Å². The van der Waals surface area contributed by atoms with Crippen LogP contribution in [0.3, 0.4) is 0 Å². The third kappa shape index (κ3) is 3.79. The molecular weight excluding hydrogens is 321 g/mol. The summed E-state index contributed by atoms with van der Waals surface area (Å²) in [5.41, 5.74) is 1.88. The fraction of sp³-hybridized carbons (Fsp3) is 0.526. The number of urea groups is 1. The van der Waals surface area contributed by atoms with Gasteiger partial charge in [0, 0.05) is 43.3 Å². The Bertz CT molecular complexity index is 729. The summed E-state index contributed by atoms with van der Waals surface area (Å²) in [5.74, 6) is -0.256. The molecular formula is C19H26FN3O2. The maximum atomic E-state index is 13.4.